The maximum atomic E-state index is 4.45. The quantitative estimate of drug-likeness (QED) is 0.730. The molecule has 5 heteroatoms. The van der Waals surface area contributed by atoms with E-state index in [0.717, 1.165) is 17.9 Å². The molecule has 0 saturated heterocycles. The number of aromatic nitrogens is 3. The Labute approximate surface area is 129 Å². The average Bonchev–Trinajstić information content (AvgIpc) is 2.60. The summed E-state index contributed by atoms with van der Waals surface area (Å²) in [4.78, 5) is 12.8. The first-order valence-corrected chi connectivity index (χ1v) is 7.14. The second kappa shape index (κ2) is 7.17. The second-order valence-electron chi connectivity index (χ2n) is 4.82. The Hall–Kier alpha value is -2.95. The Kier molecular flexibility index (Phi) is 4.57. The number of rotatable bonds is 6. The lowest BCUT2D eigenvalue weighted by molar-refractivity contribution is 1.03. The van der Waals surface area contributed by atoms with Crippen LogP contribution in [0.15, 0.2) is 67.1 Å². The molecule has 0 saturated carbocycles. The lowest BCUT2D eigenvalue weighted by Crippen LogP contribution is -2.06. The second-order valence-corrected chi connectivity index (χ2v) is 4.82. The molecule has 2 aromatic heterocycles. The van der Waals surface area contributed by atoms with Gasteiger partial charge in [-0.05, 0) is 23.3 Å². The summed E-state index contributed by atoms with van der Waals surface area (Å²) in [7, 11) is 0. The van der Waals surface area contributed by atoms with Gasteiger partial charge in [-0.15, -0.1) is 0 Å². The SMILES string of the molecule is c1ccc(CNc2ccnc(NCc3cccnc3)n2)cc1. The number of pyridine rings is 1. The van der Waals surface area contributed by atoms with E-state index in [1.807, 2.05) is 42.6 Å². The zero-order valence-electron chi connectivity index (χ0n) is 12.1. The zero-order chi connectivity index (χ0) is 15.0. The van der Waals surface area contributed by atoms with Crippen LogP contribution in [0.2, 0.25) is 0 Å². The lowest BCUT2D eigenvalue weighted by Gasteiger charge is -2.08. The molecule has 22 heavy (non-hydrogen) atoms. The standard InChI is InChI=1S/C17H17N5/c1-2-5-14(6-3-1)12-20-16-8-10-19-17(22-16)21-13-15-7-4-9-18-11-15/h1-11H,12-13H2,(H2,19,20,21,22). The van der Waals surface area contributed by atoms with E-state index in [-0.39, 0.29) is 0 Å². The van der Waals surface area contributed by atoms with Crippen LogP contribution >= 0.6 is 0 Å². The number of hydrogen-bond donors (Lipinski definition) is 2. The number of hydrogen-bond acceptors (Lipinski definition) is 5. The minimum atomic E-state index is 0.599. The Morgan fingerprint density at radius 2 is 1.59 bits per heavy atom. The van der Waals surface area contributed by atoms with Crippen molar-refractivity contribution in [3.05, 3.63) is 78.2 Å². The van der Waals surface area contributed by atoms with Gasteiger partial charge in [0.1, 0.15) is 5.82 Å². The third-order valence-corrected chi connectivity index (χ3v) is 3.15. The highest BCUT2D eigenvalue weighted by atomic mass is 15.1. The van der Waals surface area contributed by atoms with Crippen molar-refractivity contribution >= 4 is 11.8 Å². The zero-order valence-corrected chi connectivity index (χ0v) is 12.1. The smallest absolute Gasteiger partial charge is 0.224 e. The molecule has 3 aromatic rings. The third-order valence-electron chi connectivity index (χ3n) is 3.15. The van der Waals surface area contributed by atoms with Crippen LogP contribution in [-0.2, 0) is 13.1 Å². The topological polar surface area (TPSA) is 62.7 Å². The Bertz CT molecular complexity index is 642. The molecule has 0 atom stereocenters. The molecule has 0 unspecified atom stereocenters. The van der Waals surface area contributed by atoms with Gasteiger partial charge in [0.2, 0.25) is 5.95 Å². The molecule has 2 heterocycles. The molecule has 0 amide bonds. The summed E-state index contributed by atoms with van der Waals surface area (Å²) in [5, 5.41) is 6.49. The van der Waals surface area contributed by atoms with Crippen molar-refractivity contribution in [3.8, 4) is 0 Å². The summed E-state index contributed by atoms with van der Waals surface area (Å²) < 4.78 is 0. The van der Waals surface area contributed by atoms with Crippen LogP contribution in [0, 0.1) is 0 Å². The summed E-state index contributed by atoms with van der Waals surface area (Å²) >= 11 is 0. The molecule has 110 valence electrons. The highest BCUT2D eigenvalue weighted by Crippen LogP contribution is 2.09. The van der Waals surface area contributed by atoms with Gasteiger partial charge in [0.15, 0.2) is 0 Å². The molecule has 0 aliphatic heterocycles. The maximum Gasteiger partial charge on any atom is 0.224 e. The van der Waals surface area contributed by atoms with Crippen molar-refractivity contribution in [2.75, 3.05) is 10.6 Å². The minimum absolute atomic E-state index is 0.599. The van der Waals surface area contributed by atoms with Crippen LogP contribution in [0.5, 0.6) is 0 Å². The molecule has 0 radical (unpaired) electrons. The van der Waals surface area contributed by atoms with Gasteiger partial charge in [-0.2, -0.15) is 4.98 Å². The molecule has 5 nitrogen and oxygen atoms in total. The Balaban J connectivity index is 1.58. The van der Waals surface area contributed by atoms with Crippen molar-refractivity contribution in [1.82, 2.24) is 15.0 Å². The molecule has 0 fully saturated rings. The molecular weight excluding hydrogens is 274 g/mol. The number of anilines is 2. The fraction of sp³-hybridized carbons (Fsp3) is 0.118. The first-order valence-electron chi connectivity index (χ1n) is 7.14. The van der Waals surface area contributed by atoms with E-state index in [9.17, 15) is 0 Å². The highest BCUT2D eigenvalue weighted by molar-refractivity contribution is 5.40. The van der Waals surface area contributed by atoms with Gasteiger partial charge in [0.25, 0.3) is 0 Å². The van der Waals surface area contributed by atoms with Crippen molar-refractivity contribution in [1.29, 1.82) is 0 Å². The van der Waals surface area contributed by atoms with E-state index in [2.05, 4.69) is 37.7 Å². The van der Waals surface area contributed by atoms with Crippen molar-refractivity contribution in [3.63, 3.8) is 0 Å². The van der Waals surface area contributed by atoms with E-state index in [4.69, 9.17) is 0 Å². The van der Waals surface area contributed by atoms with Crippen molar-refractivity contribution in [2.45, 2.75) is 13.1 Å². The van der Waals surface area contributed by atoms with E-state index < -0.39 is 0 Å². The molecular formula is C17H17N5. The van der Waals surface area contributed by atoms with E-state index in [1.165, 1.54) is 5.56 Å². The highest BCUT2D eigenvalue weighted by Gasteiger charge is 2.00. The molecule has 3 rings (SSSR count). The van der Waals surface area contributed by atoms with Gasteiger partial charge in [0.05, 0.1) is 0 Å². The summed E-state index contributed by atoms with van der Waals surface area (Å²) in [6, 6.07) is 16.0. The molecule has 1 aromatic carbocycles. The fourth-order valence-electron chi connectivity index (χ4n) is 2.01. The van der Waals surface area contributed by atoms with Gasteiger partial charge < -0.3 is 10.6 Å². The van der Waals surface area contributed by atoms with Crippen molar-refractivity contribution in [2.24, 2.45) is 0 Å². The largest absolute Gasteiger partial charge is 0.366 e. The summed E-state index contributed by atoms with van der Waals surface area (Å²) in [5.74, 6) is 1.40. The van der Waals surface area contributed by atoms with Crippen LogP contribution in [0.4, 0.5) is 11.8 Å². The molecule has 0 spiro atoms. The first kappa shape index (κ1) is 14.0. The summed E-state index contributed by atoms with van der Waals surface area (Å²) in [6.07, 6.45) is 5.32. The Morgan fingerprint density at radius 1 is 0.773 bits per heavy atom. The molecule has 2 N–H and O–H groups in total. The summed E-state index contributed by atoms with van der Waals surface area (Å²) in [5.41, 5.74) is 2.31. The number of nitrogens with one attached hydrogen (secondary N) is 2. The van der Waals surface area contributed by atoms with Crippen LogP contribution in [-0.4, -0.2) is 15.0 Å². The van der Waals surface area contributed by atoms with E-state index in [1.54, 1.807) is 12.4 Å². The van der Waals surface area contributed by atoms with Gasteiger partial charge in [-0.3, -0.25) is 4.98 Å². The number of nitrogens with zero attached hydrogens (tertiary/aromatic N) is 3. The van der Waals surface area contributed by atoms with Gasteiger partial charge >= 0.3 is 0 Å². The van der Waals surface area contributed by atoms with Crippen LogP contribution < -0.4 is 10.6 Å². The third kappa shape index (κ3) is 4.02. The molecule has 0 aliphatic carbocycles. The lowest BCUT2D eigenvalue weighted by atomic mass is 10.2. The fourth-order valence-corrected chi connectivity index (χ4v) is 2.01. The Morgan fingerprint density at radius 3 is 2.41 bits per heavy atom. The van der Waals surface area contributed by atoms with E-state index >= 15 is 0 Å². The predicted molar refractivity (Wildman–Crippen MR) is 87.4 cm³/mol. The molecule has 0 bridgehead atoms. The average molecular weight is 291 g/mol. The first-order chi connectivity index (χ1) is 10.9. The van der Waals surface area contributed by atoms with Crippen LogP contribution in [0.25, 0.3) is 0 Å². The van der Waals surface area contributed by atoms with Crippen LogP contribution in [0.1, 0.15) is 11.1 Å². The van der Waals surface area contributed by atoms with Crippen molar-refractivity contribution < 1.29 is 0 Å². The normalized spacial score (nSPS) is 10.2. The minimum Gasteiger partial charge on any atom is -0.366 e. The van der Waals surface area contributed by atoms with E-state index in [0.29, 0.717) is 12.5 Å². The predicted octanol–water partition coefficient (Wildman–Crippen LogP) is 3.10. The maximum absolute atomic E-state index is 4.45. The van der Waals surface area contributed by atoms with Gasteiger partial charge in [-0.1, -0.05) is 36.4 Å². The molecule has 0 aliphatic rings. The number of benzene rings is 1. The van der Waals surface area contributed by atoms with Gasteiger partial charge in [0, 0.05) is 31.7 Å². The summed E-state index contributed by atoms with van der Waals surface area (Å²) in [6.45, 7) is 1.38. The van der Waals surface area contributed by atoms with Crippen LogP contribution in [0.3, 0.4) is 0 Å². The van der Waals surface area contributed by atoms with Gasteiger partial charge in [-0.25, -0.2) is 4.98 Å². The monoisotopic (exact) mass is 291 g/mol.